The number of esters is 1. The van der Waals surface area contributed by atoms with E-state index in [1.54, 1.807) is 86.7 Å². The molecule has 0 bridgehead atoms. The van der Waals surface area contributed by atoms with Crippen molar-refractivity contribution in [3.63, 3.8) is 0 Å². The second-order valence-electron chi connectivity index (χ2n) is 22.9. The summed E-state index contributed by atoms with van der Waals surface area (Å²) in [4.78, 5) is 170. The van der Waals surface area contributed by atoms with Crippen molar-refractivity contribution in [2.24, 2.45) is 45.9 Å². The number of carbonyl (C=O) groups excluding carboxylic acids is 12. The number of rotatable bonds is 35. The monoisotopic (exact) mass is 1290 g/mol. The van der Waals surface area contributed by atoms with E-state index in [1.165, 1.54) is 13.8 Å². The Hall–Kier alpha value is -7.70. The van der Waals surface area contributed by atoms with Crippen molar-refractivity contribution >= 4 is 88.5 Å². The van der Waals surface area contributed by atoms with Crippen LogP contribution in [0.15, 0.2) is 29.3 Å². The number of cyclic esters (lactones) is 1. The maximum Gasteiger partial charge on any atom is 0.329 e. The molecule has 30 nitrogen and oxygen atoms in total. The molecule has 16 atom stereocenters. The zero-order chi connectivity index (χ0) is 68.1. The minimum Gasteiger partial charge on any atom is -0.458 e. The Kier molecular flexibility index (Phi) is 34.3. The molecule has 506 valence electrons. The van der Waals surface area contributed by atoms with E-state index in [-0.39, 0.29) is 38.2 Å². The van der Waals surface area contributed by atoms with Crippen LogP contribution in [-0.2, 0) is 68.7 Å². The first-order valence-corrected chi connectivity index (χ1v) is 31.0. The topological polar surface area (TPSA) is 477 Å². The third kappa shape index (κ3) is 25.3. The molecule has 11 amide bonds. The van der Waals surface area contributed by atoms with Gasteiger partial charge in [0.15, 0.2) is 5.96 Å². The molecule has 19 N–H and O–H groups in total. The molecule has 1 aromatic rings. The van der Waals surface area contributed by atoms with E-state index < -0.39 is 193 Å². The van der Waals surface area contributed by atoms with Gasteiger partial charge < -0.3 is 90.6 Å². The fourth-order valence-corrected chi connectivity index (χ4v) is 9.40. The highest BCUT2D eigenvalue weighted by Gasteiger charge is 2.41. The van der Waals surface area contributed by atoms with E-state index in [1.807, 2.05) is 0 Å². The van der Waals surface area contributed by atoms with E-state index in [0.29, 0.717) is 30.7 Å². The lowest BCUT2D eigenvalue weighted by atomic mass is 9.94. The van der Waals surface area contributed by atoms with E-state index in [0.717, 1.165) is 5.56 Å². The minimum atomic E-state index is -1.83. The molecule has 2 rings (SSSR count). The molecule has 0 saturated carbocycles. The molecule has 0 spiro atoms. The Morgan fingerprint density at radius 3 is 1.57 bits per heavy atom. The van der Waals surface area contributed by atoms with Gasteiger partial charge in [0.05, 0.1) is 19.3 Å². The van der Waals surface area contributed by atoms with E-state index in [2.05, 4.69) is 63.5 Å². The van der Waals surface area contributed by atoms with Crippen molar-refractivity contribution in [3.05, 3.63) is 34.9 Å². The Morgan fingerprint density at radius 1 is 0.611 bits per heavy atom. The average Bonchev–Trinajstić information content (AvgIpc) is 1.99. The number of amides is 11. The van der Waals surface area contributed by atoms with Crippen LogP contribution in [-0.4, -0.2) is 186 Å². The highest BCUT2D eigenvalue weighted by molar-refractivity contribution is 6.30. The first kappa shape index (κ1) is 78.4. The Labute approximate surface area is 531 Å². The second-order valence-corrected chi connectivity index (χ2v) is 23.4. The van der Waals surface area contributed by atoms with E-state index in [9.17, 15) is 67.7 Å². The van der Waals surface area contributed by atoms with Crippen molar-refractivity contribution in [2.45, 2.75) is 206 Å². The molecule has 1 aliphatic rings. The number of carbonyl (C=O) groups is 12. The molecule has 0 aromatic heterocycles. The van der Waals surface area contributed by atoms with Gasteiger partial charge in [-0.1, -0.05) is 105 Å². The number of guanidine groups is 1. The standard InChI is InChI=1S/C59H98ClN15O15/c1-12-29(5)43(72-51(82)39(64-11)26-35-19-21-36(60)22-20-35)54(85)69-40(27-76)52(83)68-38(23-24-42(61)78)50(81)71-45(31(7)14-3)56(87)73-44(30(6)13-2)55(86)70-41(28-77)53(84)75-47-34(10)90-58(89)46(32(8)15-4)74-49(80)37(18-16-17-25-65-59(62)63)67-48(79)33(9)66-57(47)88/h19-22,29-34,37-41,43-47,64,76-77H,12-18,23-28H2,1-11H3,(H2,61,78)(H,66,88)(H,67,79)(H,68,83)(H,69,85)(H,70,86)(H,71,81)(H,72,82)(H,73,87)(H,74,80)(H,75,84)(H4,62,63,65)/t29-,30-,31-,32-,33-,34-,37-,38+,39+,40-,41-,43-,44-,45+,46-,47+/m0/s1. The number of nitrogens with one attached hydrogen (secondary N) is 11. The number of aliphatic imine (C=N–C) groups is 1. The molecule has 1 aromatic carbocycles. The number of hydrogen-bond donors (Lipinski definition) is 16. The number of aliphatic hydroxyl groups excluding tert-OH is 2. The van der Waals surface area contributed by atoms with Gasteiger partial charge in [-0.25, -0.2) is 4.79 Å². The van der Waals surface area contributed by atoms with Crippen LogP contribution in [0.5, 0.6) is 0 Å². The Morgan fingerprint density at radius 2 is 1.09 bits per heavy atom. The zero-order valence-corrected chi connectivity index (χ0v) is 54.3. The van der Waals surface area contributed by atoms with Crippen molar-refractivity contribution in [1.82, 2.24) is 58.5 Å². The number of nitrogens with two attached hydrogens (primary N) is 3. The van der Waals surface area contributed by atoms with Crippen LogP contribution >= 0.6 is 11.6 Å². The lowest BCUT2D eigenvalue weighted by molar-refractivity contribution is -0.157. The van der Waals surface area contributed by atoms with Gasteiger partial charge in [-0.15, -0.1) is 0 Å². The molecule has 31 heteroatoms. The zero-order valence-electron chi connectivity index (χ0n) is 53.5. The molecule has 1 heterocycles. The quantitative estimate of drug-likeness (QED) is 0.0141. The number of benzene rings is 1. The van der Waals surface area contributed by atoms with Crippen LogP contribution in [0.1, 0.15) is 133 Å². The van der Waals surface area contributed by atoms with Crippen LogP contribution < -0.4 is 75.7 Å². The Bertz CT molecular complexity index is 2630. The number of unbranched alkanes of at least 4 members (excludes halogenated alkanes) is 1. The Balaban J connectivity index is 2.40. The molecule has 0 radical (unpaired) electrons. The smallest absolute Gasteiger partial charge is 0.329 e. The molecule has 1 fully saturated rings. The molecular weight excluding hydrogens is 1190 g/mol. The van der Waals surface area contributed by atoms with Gasteiger partial charge in [-0.05, 0) is 94.4 Å². The molecule has 0 unspecified atom stereocenters. The van der Waals surface area contributed by atoms with Gasteiger partial charge in [0.25, 0.3) is 0 Å². The third-order valence-corrected chi connectivity index (χ3v) is 16.3. The van der Waals surface area contributed by atoms with Gasteiger partial charge in [0.1, 0.15) is 66.5 Å². The number of hydrogen-bond acceptors (Lipinski definition) is 17. The maximum atomic E-state index is 14.4. The summed E-state index contributed by atoms with van der Waals surface area (Å²) >= 11 is 6.03. The van der Waals surface area contributed by atoms with Crippen LogP contribution in [0.25, 0.3) is 0 Å². The fraction of sp³-hybridized carbons (Fsp3) is 0.678. The van der Waals surface area contributed by atoms with Crippen molar-refractivity contribution in [1.29, 1.82) is 0 Å². The SMILES string of the molecule is CC[C@H](C)[C@H](NC(=O)[C@@H](Cc1ccc(Cl)cc1)NC)C(=O)N[C@@H](CO)C(=O)N[C@H](CCC(N)=O)C(=O)N[C@@H](C(=O)N[C@H](C(=O)N[C@@H](CO)C(=O)N[C@H]1C(=O)N[C@@H](C)C(=O)N[C@@H](CCCCN=C(N)N)C(=O)N[C@@H]([C@@H](C)CC)C(=O)O[C@H]1C)[C@@H](C)CC)[C@@H](C)CC. The predicted octanol–water partition coefficient (Wildman–Crippen LogP) is -2.84. The summed E-state index contributed by atoms with van der Waals surface area (Å²) in [5.41, 5.74) is 17.1. The van der Waals surface area contributed by atoms with Gasteiger partial charge in [-0.3, -0.25) is 57.7 Å². The summed E-state index contributed by atoms with van der Waals surface area (Å²) in [5.74, 6) is -13.4. The largest absolute Gasteiger partial charge is 0.458 e. The lowest BCUT2D eigenvalue weighted by Gasteiger charge is -2.31. The van der Waals surface area contributed by atoms with Gasteiger partial charge in [0.2, 0.25) is 65.0 Å². The first-order valence-electron chi connectivity index (χ1n) is 30.6. The highest BCUT2D eigenvalue weighted by Crippen LogP contribution is 2.18. The number of primary amides is 1. The number of halogens is 1. The summed E-state index contributed by atoms with van der Waals surface area (Å²) in [5, 5.41) is 49.8. The summed E-state index contributed by atoms with van der Waals surface area (Å²) < 4.78 is 5.72. The average molecular weight is 1290 g/mol. The number of nitrogens with zero attached hydrogens (tertiary/aromatic N) is 1. The van der Waals surface area contributed by atoms with E-state index >= 15 is 0 Å². The van der Waals surface area contributed by atoms with Crippen LogP contribution in [0.4, 0.5) is 0 Å². The normalized spacial score (nSPS) is 20.8. The molecular formula is C59H98ClN15O15. The molecule has 1 aliphatic heterocycles. The van der Waals surface area contributed by atoms with Gasteiger partial charge >= 0.3 is 5.97 Å². The molecule has 1 saturated heterocycles. The first-order chi connectivity index (χ1) is 42.4. The third-order valence-electron chi connectivity index (χ3n) is 16.0. The van der Waals surface area contributed by atoms with Crippen molar-refractivity contribution in [3.8, 4) is 0 Å². The maximum absolute atomic E-state index is 14.4. The fourth-order valence-electron chi connectivity index (χ4n) is 9.28. The molecule has 90 heavy (non-hydrogen) atoms. The second kappa shape index (κ2) is 39.4. The van der Waals surface area contributed by atoms with Crippen LogP contribution in [0.3, 0.4) is 0 Å². The molecule has 0 aliphatic carbocycles. The number of ether oxygens (including phenoxy) is 1. The lowest BCUT2D eigenvalue weighted by Crippen LogP contribution is -2.63. The summed E-state index contributed by atoms with van der Waals surface area (Å²) in [6.45, 7) is 14.3. The summed E-state index contributed by atoms with van der Waals surface area (Å²) in [6, 6.07) is -8.75. The summed E-state index contributed by atoms with van der Waals surface area (Å²) in [6.07, 6.45) is 0.0492. The number of likely N-dealkylation sites (N-methyl/N-ethyl adjacent to an activating group) is 1. The minimum absolute atomic E-state index is 0.0947. The summed E-state index contributed by atoms with van der Waals surface area (Å²) in [7, 11) is 1.58. The van der Waals surface area contributed by atoms with Crippen molar-refractivity contribution < 1.29 is 72.5 Å². The predicted molar refractivity (Wildman–Crippen MR) is 333 cm³/mol. The van der Waals surface area contributed by atoms with Crippen LogP contribution in [0.2, 0.25) is 5.02 Å². The van der Waals surface area contributed by atoms with E-state index in [4.69, 9.17) is 33.5 Å². The van der Waals surface area contributed by atoms with Crippen molar-refractivity contribution in [2.75, 3.05) is 26.8 Å². The highest BCUT2D eigenvalue weighted by atomic mass is 35.5. The van der Waals surface area contributed by atoms with Crippen LogP contribution in [0, 0.1) is 23.7 Å². The van der Waals surface area contributed by atoms with Gasteiger partial charge in [-0.2, -0.15) is 0 Å². The van der Waals surface area contributed by atoms with Gasteiger partial charge in [0, 0.05) is 18.0 Å². The number of aliphatic hydroxyl groups is 2.